The summed E-state index contributed by atoms with van der Waals surface area (Å²) in [5, 5.41) is 0.109. The average Bonchev–Trinajstić information content (AvgIpc) is 2.33. The van der Waals surface area contributed by atoms with Crippen LogP contribution in [0.1, 0.15) is 38.5 Å². The molecule has 106 valence electrons. The summed E-state index contributed by atoms with van der Waals surface area (Å²) in [5.74, 6) is 1.40. The third-order valence-electron chi connectivity index (χ3n) is 4.77. The fourth-order valence-electron chi connectivity index (χ4n) is 4.61. The molecular formula is C14H19BrO4. The van der Waals surface area contributed by atoms with E-state index in [0.717, 1.165) is 37.0 Å². The molecule has 4 nitrogen and oxygen atoms in total. The van der Waals surface area contributed by atoms with Gasteiger partial charge >= 0.3 is 11.9 Å². The zero-order valence-corrected chi connectivity index (χ0v) is 12.5. The van der Waals surface area contributed by atoms with Crippen molar-refractivity contribution in [1.82, 2.24) is 0 Å². The maximum absolute atomic E-state index is 11.8. The van der Waals surface area contributed by atoms with Crippen molar-refractivity contribution < 1.29 is 19.1 Å². The highest BCUT2D eigenvalue weighted by molar-refractivity contribution is 9.09. The van der Waals surface area contributed by atoms with Crippen LogP contribution in [0, 0.1) is 17.8 Å². The summed E-state index contributed by atoms with van der Waals surface area (Å²) in [7, 11) is 0. The number of carbonyl (C=O) groups is 2. The molecule has 5 heteroatoms. The van der Waals surface area contributed by atoms with Crippen LogP contribution in [0.4, 0.5) is 0 Å². The summed E-state index contributed by atoms with van der Waals surface area (Å²) < 4.78 is 10.5. The Labute approximate surface area is 121 Å². The maximum Gasteiger partial charge on any atom is 0.344 e. The summed E-state index contributed by atoms with van der Waals surface area (Å²) in [6, 6.07) is 0. The molecule has 4 fully saturated rings. The number of halogens is 1. The molecule has 0 aromatic heterocycles. The monoisotopic (exact) mass is 330 g/mol. The van der Waals surface area contributed by atoms with Crippen LogP contribution in [0.25, 0.3) is 0 Å². The van der Waals surface area contributed by atoms with Crippen LogP contribution < -0.4 is 0 Å². The van der Waals surface area contributed by atoms with E-state index in [1.807, 2.05) is 0 Å². The highest BCUT2D eigenvalue weighted by Crippen LogP contribution is 2.57. The molecule has 4 saturated carbocycles. The number of carbonyl (C=O) groups excluding carboxylic acids is 2. The van der Waals surface area contributed by atoms with Crippen molar-refractivity contribution in [1.29, 1.82) is 0 Å². The molecule has 19 heavy (non-hydrogen) atoms. The van der Waals surface area contributed by atoms with Crippen molar-refractivity contribution in [3.05, 3.63) is 0 Å². The van der Waals surface area contributed by atoms with Gasteiger partial charge in [0, 0.05) is 0 Å². The number of hydrogen-bond acceptors (Lipinski definition) is 4. The molecule has 0 heterocycles. The zero-order valence-electron chi connectivity index (χ0n) is 10.9. The predicted octanol–water partition coefficient (Wildman–Crippen LogP) is 2.44. The molecule has 0 aromatic carbocycles. The molecule has 4 aliphatic rings. The molecule has 0 amide bonds. The summed E-state index contributed by atoms with van der Waals surface area (Å²) >= 11 is 2.99. The van der Waals surface area contributed by atoms with Gasteiger partial charge in [0.2, 0.25) is 0 Å². The van der Waals surface area contributed by atoms with Crippen LogP contribution in [0.15, 0.2) is 0 Å². The molecular weight excluding hydrogens is 312 g/mol. The van der Waals surface area contributed by atoms with Crippen molar-refractivity contribution in [2.45, 2.75) is 44.1 Å². The number of esters is 2. The summed E-state index contributed by atoms with van der Waals surface area (Å²) in [6.07, 6.45) is 6.98. The Morgan fingerprint density at radius 2 is 1.53 bits per heavy atom. The third-order valence-corrected chi connectivity index (χ3v) is 5.23. The molecule has 4 rings (SSSR count). The highest BCUT2D eigenvalue weighted by Gasteiger charge is 2.53. The number of alkyl halides is 1. The van der Waals surface area contributed by atoms with E-state index in [9.17, 15) is 9.59 Å². The van der Waals surface area contributed by atoms with Crippen LogP contribution in [0.3, 0.4) is 0 Å². The van der Waals surface area contributed by atoms with E-state index in [1.165, 1.54) is 19.3 Å². The van der Waals surface area contributed by atoms with Gasteiger partial charge in [-0.3, -0.25) is 4.79 Å². The standard InChI is InChI=1S/C14H19BrO4/c15-7-12(16)18-8-13(17)19-14-4-9-1-10(5-14)3-11(2-9)6-14/h9-11H,1-8H2. The number of ether oxygens (including phenoxy) is 2. The lowest BCUT2D eigenvalue weighted by Gasteiger charge is -2.55. The fraction of sp³-hybridized carbons (Fsp3) is 0.857. The lowest BCUT2D eigenvalue weighted by molar-refractivity contribution is -0.192. The molecule has 0 aliphatic heterocycles. The van der Waals surface area contributed by atoms with Crippen LogP contribution >= 0.6 is 15.9 Å². The van der Waals surface area contributed by atoms with Gasteiger partial charge in [-0.25, -0.2) is 4.79 Å². The second-order valence-corrected chi connectivity index (χ2v) is 6.93. The van der Waals surface area contributed by atoms with E-state index in [-0.39, 0.29) is 17.5 Å². The normalized spacial score (nSPS) is 39.1. The third kappa shape index (κ3) is 2.81. The van der Waals surface area contributed by atoms with Crippen molar-refractivity contribution in [3.63, 3.8) is 0 Å². The second kappa shape index (κ2) is 5.08. The Morgan fingerprint density at radius 3 is 2.00 bits per heavy atom. The van der Waals surface area contributed by atoms with Crippen molar-refractivity contribution >= 4 is 27.9 Å². The van der Waals surface area contributed by atoms with E-state index in [4.69, 9.17) is 9.47 Å². The largest absolute Gasteiger partial charge is 0.457 e. The molecule has 0 spiro atoms. The summed E-state index contributed by atoms with van der Waals surface area (Å²) in [5.41, 5.74) is -0.243. The van der Waals surface area contributed by atoms with Gasteiger partial charge in [0.05, 0.1) is 0 Å². The van der Waals surface area contributed by atoms with Crippen LogP contribution in [0.5, 0.6) is 0 Å². The fourth-order valence-corrected chi connectivity index (χ4v) is 4.77. The first-order valence-corrected chi connectivity index (χ1v) is 8.14. The zero-order chi connectivity index (χ0) is 13.5. The molecule has 0 saturated heterocycles. The van der Waals surface area contributed by atoms with Crippen LogP contribution in [0.2, 0.25) is 0 Å². The van der Waals surface area contributed by atoms with Gasteiger partial charge in [-0.05, 0) is 56.3 Å². The molecule has 0 radical (unpaired) electrons. The van der Waals surface area contributed by atoms with Gasteiger partial charge in [0.15, 0.2) is 6.61 Å². The highest BCUT2D eigenvalue weighted by atomic mass is 79.9. The molecule has 4 bridgehead atoms. The Balaban J connectivity index is 1.57. The lowest BCUT2D eigenvalue weighted by atomic mass is 9.54. The molecule has 0 unspecified atom stereocenters. The van der Waals surface area contributed by atoms with E-state index in [2.05, 4.69) is 15.9 Å². The summed E-state index contributed by atoms with van der Waals surface area (Å²) in [6.45, 7) is -0.258. The molecule has 0 aromatic rings. The Bertz CT molecular complexity index is 358. The Hall–Kier alpha value is -0.580. The quantitative estimate of drug-likeness (QED) is 0.586. The minimum Gasteiger partial charge on any atom is -0.457 e. The van der Waals surface area contributed by atoms with E-state index in [0.29, 0.717) is 0 Å². The van der Waals surface area contributed by atoms with Crippen molar-refractivity contribution in [2.75, 3.05) is 11.9 Å². The van der Waals surface area contributed by atoms with Crippen molar-refractivity contribution in [3.8, 4) is 0 Å². The van der Waals surface area contributed by atoms with E-state index >= 15 is 0 Å². The van der Waals surface area contributed by atoms with Gasteiger partial charge < -0.3 is 9.47 Å². The number of rotatable bonds is 4. The van der Waals surface area contributed by atoms with Crippen molar-refractivity contribution in [2.24, 2.45) is 17.8 Å². The molecule has 0 atom stereocenters. The van der Waals surface area contributed by atoms with Gasteiger partial charge in [-0.2, -0.15) is 0 Å². The number of hydrogen-bond donors (Lipinski definition) is 0. The van der Waals surface area contributed by atoms with Gasteiger partial charge in [-0.1, -0.05) is 15.9 Å². The van der Waals surface area contributed by atoms with Gasteiger partial charge in [-0.15, -0.1) is 0 Å². The SMILES string of the molecule is O=C(CBr)OCC(=O)OC12CC3CC(CC(C3)C1)C2. The van der Waals surface area contributed by atoms with Gasteiger partial charge in [0.25, 0.3) is 0 Å². The lowest BCUT2D eigenvalue weighted by Crippen LogP contribution is -2.53. The smallest absolute Gasteiger partial charge is 0.344 e. The minimum absolute atomic E-state index is 0.109. The average molecular weight is 331 g/mol. The second-order valence-electron chi connectivity index (χ2n) is 6.37. The first-order valence-electron chi connectivity index (χ1n) is 7.02. The predicted molar refractivity (Wildman–Crippen MR) is 71.7 cm³/mol. The first kappa shape index (κ1) is 13.4. The van der Waals surface area contributed by atoms with Crippen LogP contribution in [-0.2, 0) is 19.1 Å². The van der Waals surface area contributed by atoms with Crippen LogP contribution in [-0.4, -0.2) is 29.5 Å². The molecule has 0 N–H and O–H groups in total. The van der Waals surface area contributed by atoms with E-state index in [1.54, 1.807) is 0 Å². The first-order chi connectivity index (χ1) is 9.08. The molecule has 4 aliphatic carbocycles. The Morgan fingerprint density at radius 1 is 1.00 bits per heavy atom. The van der Waals surface area contributed by atoms with E-state index < -0.39 is 11.9 Å². The minimum atomic E-state index is -0.428. The topological polar surface area (TPSA) is 52.6 Å². The summed E-state index contributed by atoms with van der Waals surface area (Å²) in [4.78, 5) is 22.8. The Kier molecular flexibility index (Phi) is 3.58. The maximum atomic E-state index is 11.8. The van der Waals surface area contributed by atoms with Gasteiger partial charge in [0.1, 0.15) is 10.9 Å².